The minimum atomic E-state index is -1.10. The van der Waals surface area contributed by atoms with Crippen molar-refractivity contribution in [3.05, 3.63) is 46.5 Å². The number of amides is 2. The lowest BCUT2D eigenvalue weighted by Gasteiger charge is -2.29. The van der Waals surface area contributed by atoms with Gasteiger partial charge in [0.05, 0.1) is 0 Å². The van der Waals surface area contributed by atoms with E-state index in [0.717, 1.165) is 49.4 Å². The molecule has 2 amide bonds. The molecule has 0 atom stereocenters. The van der Waals surface area contributed by atoms with Gasteiger partial charge in [0.2, 0.25) is 0 Å². The number of hydrogen-bond acceptors (Lipinski definition) is 5. The van der Waals surface area contributed by atoms with Crippen molar-refractivity contribution in [2.45, 2.75) is 18.9 Å². The fraction of sp³-hybridized carbons (Fsp3) is 0.353. The number of nitrogens with zero attached hydrogens (tertiary/aromatic N) is 2. The second-order valence-corrected chi connectivity index (χ2v) is 7.03. The van der Waals surface area contributed by atoms with E-state index >= 15 is 0 Å². The molecule has 0 unspecified atom stereocenters. The van der Waals surface area contributed by atoms with Crippen molar-refractivity contribution < 1.29 is 18.4 Å². The molecule has 26 heavy (non-hydrogen) atoms. The molecule has 1 saturated heterocycles. The highest BCUT2D eigenvalue weighted by molar-refractivity contribution is 7.14. The number of thiazole rings is 1. The Morgan fingerprint density at radius 1 is 1.19 bits per heavy atom. The van der Waals surface area contributed by atoms with Crippen LogP contribution < -0.4 is 10.6 Å². The highest BCUT2D eigenvalue weighted by atomic mass is 32.1. The maximum absolute atomic E-state index is 13.2. The summed E-state index contributed by atoms with van der Waals surface area (Å²) in [7, 11) is 2.04. The number of aromatic nitrogens is 1. The molecule has 1 fully saturated rings. The van der Waals surface area contributed by atoms with Crippen LogP contribution in [-0.2, 0) is 0 Å². The smallest absolute Gasteiger partial charge is 0.271 e. The zero-order valence-electron chi connectivity index (χ0n) is 14.1. The van der Waals surface area contributed by atoms with Gasteiger partial charge < -0.3 is 10.2 Å². The number of likely N-dealkylation sites (tertiary alicyclic amines) is 1. The number of carbonyl (C=O) groups excluding carboxylic acids is 2. The third kappa shape index (κ3) is 4.41. The van der Waals surface area contributed by atoms with E-state index in [4.69, 9.17) is 0 Å². The van der Waals surface area contributed by atoms with E-state index in [1.807, 2.05) is 7.05 Å². The molecule has 1 aromatic heterocycles. The zero-order valence-corrected chi connectivity index (χ0v) is 14.9. The summed E-state index contributed by atoms with van der Waals surface area (Å²) in [5.74, 6) is -3.04. The van der Waals surface area contributed by atoms with Crippen molar-refractivity contribution in [3.63, 3.8) is 0 Å². The van der Waals surface area contributed by atoms with E-state index in [2.05, 4.69) is 20.5 Å². The lowest BCUT2D eigenvalue weighted by Crippen LogP contribution is -2.43. The van der Waals surface area contributed by atoms with E-state index < -0.39 is 17.5 Å². The van der Waals surface area contributed by atoms with Gasteiger partial charge in [0.1, 0.15) is 5.69 Å². The molecule has 9 heteroatoms. The van der Waals surface area contributed by atoms with Crippen LogP contribution in [0.5, 0.6) is 0 Å². The first-order chi connectivity index (χ1) is 12.4. The van der Waals surface area contributed by atoms with Gasteiger partial charge in [0.15, 0.2) is 16.8 Å². The molecule has 0 spiro atoms. The Morgan fingerprint density at radius 3 is 2.62 bits per heavy atom. The van der Waals surface area contributed by atoms with E-state index in [1.54, 1.807) is 5.38 Å². The topological polar surface area (TPSA) is 74.3 Å². The van der Waals surface area contributed by atoms with Crippen LogP contribution in [0.1, 0.15) is 33.7 Å². The van der Waals surface area contributed by atoms with Crippen molar-refractivity contribution in [2.75, 3.05) is 25.5 Å². The van der Waals surface area contributed by atoms with Gasteiger partial charge in [-0.05, 0) is 51.2 Å². The third-order valence-corrected chi connectivity index (χ3v) is 4.95. The van der Waals surface area contributed by atoms with Crippen LogP contribution in [0, 0.1) is 11.6 Å². The standard InChI is InChI=1S/C17H18F2N4O2S/c1-23-6-4-11(5-7-23)20-16(25)14-9-26-17(21-14)22-15(24)10-2-3-12(18)13(19)8-10/h2-3,8-9,11H,4-7H2,1H3,(H,20,25)(H,21,22,24). The molecular weight excluding hydrogens is 362 g/mol. The van der Waals surface area contributed by atoms with Crippen LogP contribution in [0.4, 0.5) is 13.9 Å². The van der Waals surface area contributed by atoms with E-state index in [1.165, 1.54) is 6.07 Å². The van der Waals surface area contributed by atoms with Crippen LogP contribution in [0.25, 0.3) is 0 Å². The Hall–Kier alpha value is -2.39. The highest BCUT2D eigenvalue weighted by Gasteiger charge is 2.21. The van der Waals surface area contributed by atoms with Crippen LogP contribution in [0.3, 0.4) is 0 Å². The van der Waals surface area contributed by atoms with Crippen LogP contribution in [-0.4, -0.2) is 47.9 Å². The number of nitrogens with one attached hydrogen (secondary N) is 2. The second-order valence-electron chi connectivity index (χ2n) is 6.17. The predicted octanol–water partition coefficient (Wildman–Crippen LogP) is 2.50. The lowest BCUT2D eigenvalue weighted by atomic mass is 10.1. The summed E-state index contributed by atoms with van der Waals surface area (Å²) in [5.41, 5.74) is 0.186. The summed E-state index contributed by atoms with van der Waals surface area (Å²) in [4.78, 5) is 30.6. The van der Waals surface area contributed by atoms with Crippen molar-refractivity contribution >= 4 is 28.3 Å². The second kappa shape index (κ2) is 7.88. The Bertz CT molecular complexity index is 819. The van der Waals surface area contributed by atoms with Crippen molar-refractivity contribution in [1.82, 2.24) is 15.2 Å². The van der Waals surface area contributed by atoms with Crippen molar-refractivity contribution in [2.24, 2.45) is 0 Å². The van der Waals surface area contributed by atoms with Gasteiger partial charge in [-0.25, -0.2) is 13.8 Å². The molecule has 3 rings (SSSR count). The minimum Gasteiger partial charge on any atom is -0.348 e. The summed E-state index contributed by atoms with van der Waals surface area (Å²) in [6, 6.07) is 2.98. The lowest BCUT2D eigenvalue weighted by molar-refractivity contribution is 0.0911. The van der Waals surface area contributed by atoms with E-state index in [-0.39, 0.29) is 28.3 Å². The fourth-order valence-electron chi connectivity index (χ4n) is 2.65. The van der Waals surface area contributed by atoms with Gasteiger partial charge in [-0.15, -0.1) is 11.3 Å². The molecule has 1 aliphatic heterocycles. The maximum atomic E-state index is 13.2. The summed E-state index contributed by atoms with van der Waals surface area (Å²) in [5, 5.41) is 7.19. The van der Waals surface area contributed by atoms with Crippen LogP contribution in [0.2, 0.25) is 0 Å². The van der Waals surface area contributed by atoms with Crippen molar-refractivity contribution in [3.8, 4) is 0 Å². The average molecular weight is 380 g/mol. The molecule has 2 N–H and O–H groups in total. The Labute approximate surface area is 153 Å². The molecule has 0 saturated carbocycles. The molecule has 2 aromatic rings. The third-order valence-electron chi connectivity index (χ3n) is 4.19. The molecule has 0 bridgehead atoms. The number of piperidine rings is 1. The first kappa shape index (κ1) is 18.4. The van der Waals surface area contributed by atoms with Gasteiger partial charge in [-0.2, -0.15) is 0 Å². The van der Waals surface area contributed by atoms with Gasteiger partial charge in [-0.1, -0.05) is 0 Å². The minimum absolute atomic E-state index is 0.0311. The van der Waals surface area contributed by atoms with Crippen LogP contribution in [0.15, 0.2) is 23.6 Å². The van der Waals surface area contributed by atoms with E-state index in [0.29, 0.717) is 0 Å². The Morgan fingerprint density at radius 2 is 1.92 bits per heavy atom. The highest BCUT2D eigenvalue weighted by Crippen LogP contribution is 2.18. The first-order valence-corrected chi connectivity index (χ1v) is 9.01. The molecule has 0 radical (unpaired) electrons. The monoisotopic (exact) mass is 380 g/mol. The molecule has 1 aromatic carbocycles. The zero-order chi connectivity index (χ0) is 18.7. The number of rotatable bonds is 4. The number of anilines is 1. The molecule has 1 aliphatic rings. The Balaban J connectivity index is 1.59. The SMILES string of the molecule is CN1CCC(NC(=O)c2csc(NC(=O)c3ccc(F)c(F)c3)n2)CC1. The largest absolute Gasteiger partial charge is 0.348 e. The normalized spacial score (nSPS) is 15.7. The molecule has 6 nitrogen and oxygen atoms in total. The van der Waals surface area contributed by atoms with Gasteiger partial charge >= 0.3 is 0 Å². The van der Waals surface area contributed by atoms with Crippen molar-refractivity contribution in [1.29, 1.82) is 0 Å². The fourth-order valence-corrected chi connectivity index (χ4v) is 3.34. The van der Waals surface area contributed by atoms with Crippen LogP contribution >= 0.6 is 11.3 Å². The number of carbonyl (C=O) groups is 2. The maximum Gasteiger partial charge on any atom is 0.271 e. The first-order valence-electron chi connectivity index (χ1n) is 8.13. The van der Waals surface area contributed by atoms with Gasteiger partial charge in [-0.3, -0.25) is 14.9 Å². The quantitative estimate of drug-likeness (QED) is 0.855. The summed E-state index contributed by atoms with van der Waals surface area (Å²) in [6.45, 7) is 1.86. The summed E-state index contributed by atoms with van der Waals surface area (Å²) >= 11 is 1.09. The van der Waals surface area contributed by atoms with Gasteiger partial charge in [0.25, 0.3) is 11.8 Å². The average Bonchev–Trinajstić information content (AvgIpc) is 3.08. The number of halogens is 2. The molecule has 2 heterocycles. The molecule has 138 valence electrons. The van der Waals surface area contributed by atoms with Gasteiger partial charge in [0, 0.05) is 17.0 Å². The summed E-state index contributed by atoms with van der Waals surface area (Å²) in [6.07, 6.45) is 1.76. The summed E-state index contributed by atoms with van der Waals surface area (Å²) < 4.78 is 26.1. The molecular formula is C17H18F2N4O2S. The molecule has 0 aliphatic carbocycles. The predicted molar refractivity (Wildman–Crippen MR) is 94.4 cm³/mol. The Kier molecular flexibility index (Phi) is 5.58. The number of benzene rings is 1. The van der Waals surface area contributed by atoms with E-state index in [9.17, 15) is 18.4 Å². The number of hydrogen-bond donors (Lipinski definition) is 2.